The second kappa shape index (κ2) is 22.7. The Balaban J connectivity index is 1.35. The van der Waals surface area contributed by atoms with Crippen molar-refractivity contribution in [3.63, 3.8) is 0 Å². The first-order valence-corrected chi connectivity index (χ1v) is 20.6. The summed E-state index contributed by atoms with van der Waals surface area (Å²) >= 11 is 0. The third-order valence-corrected chi connectivity index (χ3v) is 10.7. The molecule has 0 spiro atoms. The van der Waals surface area contributed by atoms with Crippen LogP contribution in [0.15, 0.2) is 91.0 Å². The van der Waals surface area contributed by atoms with Crippen molar-refractivity contribution in [1.82, 2.24) is 4.90 Å². The van der Waals surface area contributed by atoms with E-state index in [0.29, 0.717) is 5.56 Å². The minimum Gasteiger partial charge on any atom is -0.453 e. The molecule has 3 aromatic rings. The van der Waals surface area contributed by atoms with Gasteiger partial charge in [-0.25, -0.2) is 9.69 Å². The van der Waals surface area contributed by atoms with Crippen molar-refractivity contribution in [1.29, 1.82) is 0 Å². The van der Waals surface area contributed by atoms with E-state index in [0.717, 1.165) is 34.6 Å². The maximum absolute atomic E-state index is 14.1. The molecule has 0 radical (unpaired) electrons. The van der Waals surface area contributed by atoms with Gasteiger partial charge in [-0.15, -0.1) is 0 Å². The van der Waals surface area contributed by atoms with Gasteiger partial charge in [0.1, 0.15) is 31.0 Å². The van der Waals surface area contributed by atoms with Crippen molar-refractivity contribution < 1.29 is 62.2 Å². The van der Waals surface area contributed by atoms with Gasteiger partial charge in [-0.1, -0.05) is 104 Å². The zero-order valence-electron chi connectivity index (χ0n) is 35.6. The minimum absolute atomic E-state index is 0.00379. The largest absolute Gasteiger partial charge is 0.453 e. The molecule has 5 rings (SSSR count). The molecule has 8 unspecified atom stereocenters. The van der Waals surface area contributed by atoms with Crippen LogP contribution >= 0.6 is 0 Å². The highest BCUT2D eigenvalue weighted by Crippen LogP contribution is 2.31. The van der Waals surface area contributed by atoms with Crippen LogP contribution in [0.5, 0.6) is 0 Å². The van der Waals surface area contributed by atoms with Gasteiger partial charge in [-0.3, -0.25) is 19.2 Å². The second-order valence-electron chi connectivity index (χ2n) is 15.6. The maximum atomic E-state index is 14.1. The lowest BCUT2D eigenvalue weighted by Crippen LogP contribution is -2.61. The fourth-order valence-electron chi connectivity index (χ4n) is 7.38. The number of imide groups is 1. The monoisotopic (exact) mass is 843 g/mol. The molecule has 2 saturated heterocycles. The molecular formula is C47H57NO13. The van der Waals surface area contributed by atoms with Crippen molar-refractivity contribution in [2.24, 2.45) is 11.8 Å². The van der Waals surface area contributed by atoms with Crippen molar-refractivity contribution in [2.75, 3.05) is 26.9 Å². The van der Waals surface area contributed by atoms with E-state index in [4.69, 9.17) is 33.2 Å². The van der Waals surface area contributed by atoms with E-state index < -0.39 is 78.3 Å². The molecule has 2 aliphatic rings. The number of allylic oxidation sites excluding steroid dienone is 1. The minimum atomic E-state index is -1.63. The number of hydrogen-bond acceptors (Lipinski definition) is 13. The molecular weight excluding hydrogens is 787 g/mol. The summed E-state index contributed by atoms with van der Waals surface area (Å²) in [5.74, 6) is -4.18. The molecule has 3 aromatic carbocycles. The van der Waals surface area contributed by atoms with Gasteiger partial charge in [0.2, 0.25) is 5.91 Å². The lowest BCUT2D eigenvalue weighted by Gasteiger charge is -2.45. The fourth-order valence-corrected chi connectivity index (χ4v) is 7.38. The van der Waals surface area contributed by atoms with E-state index in [1.807, 2.05) is 87.5 Å². The first-order chi connectivity index (χ1) is 29.3. The average molecular weight is 844 g/mol. The number of hydrogen-bond donors (Lipinski definition) is 1. The van der Waals surface area contributed by atoms with Crippen molar-refractivity contribution in [2.45, 2.75) is 104 Å². The molecule has 8 atom stereocenters. The molecule has 2 fully saturated rings. The van der Waals surface area contributed by atoms with Crippen LogP contribution in [-0.2, 0) is 65.5 Å². The Morgan fingerprint density at radius 3 is 2.08 bits per heavy atom. The molecule has 0 aromatic heterocycles. The molecule has 0 saturated carbocycles. The number of Topliss-reactive ketones (excluding diaryl/α,β-unsaturated/α-hetero) is 1. The van der Waals surface area contributed by atoms with Crippen molar-refractivity contribution in [3.8, 4) is 0 Å². The molecule has 2 amide bonds. The van der Waals surface area contributed by atoms with Crippen LogP contribution < -0.4 is 0 Å². The van der Waals surface area contributed by atoms with E-state index in [1.54, 1.807) is 18.2 Å². The number of nitrogens with zero attached hydrogens (tertiary/aromatic N) is 1. The number of amides is 2. The van der Waals surface area contributed by atoms with Crippen LogP contribution in [0.4, 0.5) is 4.79 Å². The van der Waals surface area contributed by atoms with Gasteiger partial charge in [0.15, 0.2) is 24.0 Å². The quantitative estimate of drug-likeness (QED) is 0.0777. The van der Waals surface area contributed by atoms with Crippen LogP contribution in [-0.4, -0.2) is 109 Å². The molecule has 14 heteroatoms. The van der Waals surface area contributed by atoms with Crippen LogP contribution in [0.25, 0.3) is 5.57 Å². The Kier molecular flexibility index (Phi) is 17.5. The molecule has 61 heavy (non-hydrogen) atoms. The summed E-state index contributed by atoms with van der Waals surface area (Å²) in [6, 6.07) is 25.6. The number of aliphatic hydroxyl groups is 1. The number of rotatable bonds is 21. The first-order valence-electron chi connectivity index (χ1n) is 20.6. The normalized spacial score (nSPS) is 22.7. The number of ether oxygens (including phenoxy) is 7. The molecule has 2 heterocycles. The highest BCUT2D eigenvalue weighted by Gasteiger charge is 2.49. The maximum Gasteiger partial charge on any atom is 0.416 e. The van der Waals surface area contributed by atoms with E-state index >= 15 is 0 Å². The SMILES string of the molecule is COC1OC(CO)C(OCc2ccccc2)C(OCc2ccccc2)C1OCCCC(=O)C(=CC(=O)C(OC(C)=O)C(C)C(=O)N1C(=O)OCC1C(C)C)c1cccc(C)c1. The highest BCUT2D eigenvalue weighted by atomic mass is 16.7. The number of ketones is 2. The van der Waals surface area contributed by atoms with E-state index in [-0.39, 0.29) is 57.4 Å². The zero-order chi connectivity index (χ0) is 44.1. The predicted octanol–water partition coefficient (Wildman–Crippen LogP) is 5.79. The van der Waals surface area contributed by atoms with Crippen LogP contribution in [0, 0.1) is 18.8 Å². The first kappa shape index (κ1) is 47.0. The van der Waals surface area contributed by atoms with Gasteiger partial charge in [0.25, 0.3) is 0 Å². The second-order valence-corrected chi connectivity index (χ2v) is 15.6. The molecule has 0 aliphatic carbocycles. The number of benzene rings is 3. The van der Waals surface area contributed by atoms with Gasteiger partial charge in [-0.2, -0.15) is 0 Å². The van der Waals surface area contributed by atoms with Crippen molar-refractivity contribution >= 4 is 35.1 Å². The van der Waals surface area contributed by atoms with Gasteiger partial charge >= 0.3 is 12.1 Å². The van der Waals surface area contributed by atoms with Gasteiger partial charge in [-0.05, 0) is 49.0 Å². The number of carbonyl (C=O) groups is 5. The van der Waals surface area contributed by atoms with Gasteiger partial charge in [0.05, 0.1) is 31.8 Å². The summed E-state index contributed by atoms with van der Waals surface area (Å²) in [6.45, 7) is 8.13. The number of methoxy groups -OCH3 is 1. The van der Waals surface area contributed by atoms with Gasteiger partial charge < -0.3 is 38.3 Å². The molecule has 0 bridgehead atoms. The Labute approximate surface area is 357 Å². The van der Waals surface area contributed by atoms with E-state index in [1.165, 1.54) is 14.0 Å². The summed E-state index contributed by atoms with van der Waals surface area (Å²) in [4.78, 5) is 67.7. The number of aryl methyl sites for hydroxylation is 1. The Morgan fingerprint density at radius 1 is 0.869 bits per heavy atom. The number of cyclic esters (lactones) is 1. The summed E-state index contributed by atoms with van der Waals surface area (Å²) in [6.07, 6.45) is -5.36. The average Bonchev–Trinajstić information content (AvgIpc) is 3.65. The zero-order valence-corrected chi connectivity index (χ0v) is 35.6. The third kappa shape index (κ3) is 12.5. The highest BCUT2D eigenvalue weighted by molar-refractivity contribution is 6.25. The number of aliphatic hydroxyl groups excluding tert-OH is 1. The topological polar surface area (TPSA) is 173 Å². The predicted molar refractivity (Wildman–Crippen MR) is 222 cm³/mol. The standard InChI is InChI=1S/C47H57NO13/c1-29(2)37-28-59-47(54)48(37)45(53)31(4)41(60-32(5)50)39(52)24-36(35-20-13-15-30(3)23-35)38(51)21-14-22-56-44-43(58-27-34-18-11-8-12-19-34)42(40(25-49)61-46(44)55-6)57-26-33-16-9-7-10-17-33/h7-13,15-20,23-24,29,31,37,40-44,46,49H,14,21-22,25-28H2,1-6H3. The van der Waals surface area contributed by atoms with Crippen molar-refractivity contribution in [3.05, 3.63) is 113 Å². The fraction of sp³-hybridized carbons (Fsp3) is 0.468. The molecule has 2 aliphatic heterocycles. The Morgan fingerprint density at radius 2 is 1.51 bits per heavy atom. The summed E-state index contributed by atoms with van der Waals surface area (Å²) in [5.41, 5.74) is 3.15. The Bertz CT molecular complexity index is 1970. The van der Waals surface area contributed by atoms with E-state index in [9.17, 15) is 29.1 Å². The smallest absolute Gasteiger partial charge is 0.416 e. The summed E-state index contributed by atoms with van der Waals surface area (Å²) < 4.78 is 41.7. The molecule has 14 nitrogen and oxygen atoms in total. The lowest BCUT2D eigenvalue weighted by atomic mass is 9.92. The number of carbonyl (C=O) groups excluding carboxylic acids is 5. The number of esters is 1. The van der Waals surface area contributed by atoms with Crippen LogP contribution in [0.2, 0.25) is 0 Å². The molecule has 1 N–H and O–H groups in total. The summed E-state index contributed by atoms with van der Waals surface area (Å²) in [7, 11) is 1.46. The lowest BCUT2D eigenvalue weighted by molar-refractivity contribution is -0.319. The van der Waals surface area contributed by atoms with Gasteiger partial charge in [0, 0.05) is 32.6 Å². The van der Waals surface area contributed by atoms with E-state index in [2.05, 4.69) is 0 Å². The van der Waals surface area contributed by atoms with Crippen LogP contribution in [0.1, 0.15) is 62.8 Å². The van der Waals surface area contributed by atoms with Crippen LogP contribution in [0.3, 0.4) is 0 Å². The Hall–Kier alpha value is -5.09. The summed E-state index contributed by atoms with van der Waals surface area (Å²) in [5, 5.41) is 10.4. The third-order valence-electron chi connectivity index (χ3n) is 10.7. The molecule has 328 valence electrons.